The molecule has 0 aliphatic heterocycles. The minimum Gasteiger partial charge on any atom is -0.342 e. The Morgan fingerprint density at radius 2 is 1.96 bits per heavy atom. The fourth-order valence-electron chi connectivity index (χ4n) is 3.05. The molecule has 1 amide bonds. The normalized spacial score (nSPS) is 11.3. The topological polar surface area (TPSA) is 99.4 Å². The van der Waals surface area contributed by atoms with Crippen LogP contribution >= 0.6 is 0 Å². The highest BCUT2D eigenvalue weighted by Crippen LogP contribution is 2.24. The first kappa shape index (κ1) is 17.2. The maximum atomic E-state index is 12.4. The molecule has 2 N–H and O–H groups in total. The van der Waals surface area contributed by atoms with E-state index in [-0.39, 0.29) is 11.5 Å². The molecular weight excluding hydrogens is 352 g/mol. The van der Waals surface area contributed by atoms with Gasteiger partial charge >= 0.3 is 0 Å². The Morgan fingerprint density at radius 3 is 2.71 bits per heavy atom. The van der Waals surface area contributed by atoms with Crippen LogP contribution in [0.15, 0.2) is 72.7 Å². The highest BCUT2D eigenvalue weighted by molar-refractivity contribution is 6.10. The lowest BCUT2D eigenvalue weighted by Crippen LogP contribution is -2.14. The molecule has 0 atom stereocenters. The van der Waals surface area contributed by atoms with E-state index in [2.05, 4.69) is 37.2 Å². The summed E-state index contributed by atoms with van der Waals surface area (Å²) in [5.74, 6) is -0.350. The predicted molar refractivity (Wildman–Crippen MR) is 106 cm³/mol. The number of aromatic nitrogens is 4. The minimum absolute atomic E-state index is 0.0148. The molecule has 7 nitrogen and oxygen atoms in total. The number of aromatic amines is 1. The van der Waals surface area contributed by atoms with Gasteiger partial charge in [-0.25, -0.2) is 5.10 Å². The fourth-order valence-corrected chi connectivity index (χ4v) is 3.05. The van der Waals surface area contributed by atoms with Crippen molar-refractivity contribution < 1.29 is 4.79 Å². The van der Waals surface area contributed by atoms with Crippen LogP contribution in [0.25, 0.3) is 17.0 Å². The molecule has 136 valence electrons. The Morgan fingerprint density at radius 1 is 1.18 bits per heavy atom. The summed E-state index contributed by atoms with van der Waals surface area (Å²) >= 11 is 0. The smallest absolute Gasteiger partial charge is 0.268 e. The maximum Gasteiger partial charge on any atom is 0.268 e. The first-order valence-electron chi connectivity index (χ1n) is 8.65. The second kappa shape index (κ2) is 7.60. The van der Waals surface area contributed by atoms with Crippen molar-refractivity contribution in [1.29, 1.82) is 5.26 Å². The lowest BCUT2D eigenvalue weighted by Gasteiger charge is -2.05. The zero-order chi connectivity index (χ0) is 19.3. The highest BCUT2D eigenvalue weighted by Gasteiger charge is 2.13. The number of nitriles is 1. The van der Waals surface area contributed by atoms with Crippen LogP contribution in [-0.2, 0) is 11.3 Å². The van der Waals surface area contributed by atoms with Gasteiger partial charge in [0.15, 0.2) is 0 Å². The van der Waals surface area contributed by atoms with Crippen molar-refractivity contribution in [3.63, 3.8) is 0 Å². The van der Waals surface area contributed by atoms with E-state index < -0.39 is 5.91 Å². The van der Waals surface area contributed by atoms with Crippen molar-refractivity contribution in [2.24, 2.45) is 0 Å². The van der Waals surface area contributed by atoms with Crippen molar-refractivity contribution in [3.8, 4) is 6.07 Å². The number of anilines is 1. The van der Waals surface area contributed by atoms with Gasteiger partial charge in [-0.15, -0.1) is 0 Å². The van der Waals surface area contributed by atoms with Gasteiger partial charge in [0.2, 0.25) is 5.95 Å². The second-order valence-electron chi connectivity index (χ2n) is 6.17. The van der Waals surface area contributed by atoms with Gasteiger partial charge in [0.25, 0.3) is 5.91 Å². The minimum atomic E-state index is -0.542. The van der Waals surface area contributed by atoms with Crippen LogP contribution in [0, 0.1) is 11.3 Å². The van der Waals surface area contributed by atoms with Crippen molar-refractivity contribution in [1.82, 2.24) is 19.7 Å². The van der Waals surface area contributed by atoms with Crippen LogP contribution in [0.2, 0.25) is 0 Å². The fraction of sp³-hybridized carbons (Fsp3) is 0.0476. The molecule has 2 aromatic carbocycles. The number of carbonyl (C=O) groups excluding carboxylic acids is 1. The highest BCUT2D eigenvalue weighted by atomic mass is 16.1. The summed E-state index contributed by atoms with van der Waals surface area (Å²) in [5, 5.41) is 19.2. The number of amides is 1. The van der Waals surface area contributed by atoms with Gasteiger partial charge in [0, 0.05) is 29.2 Å². The summed E-state index contributed by atoms with van der Waals surface area (Å²) < 4.78 is 2.11. The van der Waals surface area contributed by atoms with E-state index in [9.17, 15) is 10.1 Å². The molecule has 0 spiro atoms. The first-order chi connectivity index (χ1) is 13.7. The average Bonchev–Trinajstić information content (AvgIpc) is 3.35. The number of H-pyrrole nitrogens is 1. The van der Waals surface area contributed by atoms with Gasteiger partial charge in [0.1, 0.15) is 18.0 Å². The standard InChI is InChI=1S/C21H16N6O/c22-11-16(20(28)25-21-23-14-24-26-21)10-17-13-27(12-15-6-2-1-3-7-15)19-9-5-4-8-18(17)19/h1-10,13-14H,12H2,(H2,23,24,25,26,28). The lowest BCUT2D eigenvalue weighted by atomic mass is 10.1. The molecule has 0 fully saturated rings. The summed E-state index contributed by atoms with van der Waals surface area (Å²) in [6.07, 6.45) is 4.83. The molecule has 7 heteroatoms. The van der Waals surface area contributed by atoms with Crippen molar-refractivity contribution >= 4 is 28.8 Å². The van der Waals surface area contributed by atoms with E-state index in [1.165, 1.54) is 11.9 Å². The van der Waals surface area contributed by atoms with Crippen molar-refractivity contribution in [2.75, 3.05) is 5.32 Å². The molecule has 4 aromatic rings. The van der Waals surface area contributed by atoms with Crippen LogP contribution in [-0.4, -0.2) is 25.7 Å². The summed E-state index contributed by atoms with van der Waals surface area (Å²) in [4.78, 5) is 16.2. The lowest BCUT2D eigenvalue weighted by molar-refractivity contribution is -0.112. The van der Waals surface area contributed by atoms with E-state index in [1.807, 2.05) is 54.7 Å². The molecular formula is C21H16N6O. The number of hydrogen-bond donors (Lipinski definition) is 2. The van der Waals surface area contributed by atoms with Crippen molar-refractivity contribution in [3.05, 3.63) is 83.8 Å². The van der Waals surface area contributed by atoms with Crippen LogP contribution in [0.3, 0.4) is 0 Å². The van der Waals surface area contributed by atoms with Crippen molar-refractivity contribution in [2.45, 2.75) is 6.54 Å². The molecule has 2 aromatic heterocycles. The number of para-hydroxylation sites is 1. The average molecular weight is 368 g/mol. The molecule has 0 bridgehead atoms. The first-order valence-corrected chi connectivity index (χ1v) is 8.65. The van der Waals surface area contributed by atoms with Crippen LogP contribution in [0.1, 0.15) is 11.1 Å². The van der Waals surface area contributed by atoms with Gasteiger partial charge in [-0.2, -0.15) is 15.3 Å². The van der Waals surface area contributed by atoms with Gasteiger partial charge in [0.05, 0.1) is 0 Å². The van der Waals surface area contributed by atoms with E-state index in [0.29, 0.717) is 6.54 Å². The monoisotopic (exact) mass is 368 g/mol. The van der Waals surface area contributed by atoms with E-state index in [4.69, 9.17) is 0 Å². The van der Waals surface area contributed by atoms with E-state index >= 15 is 0 Å². The van der Waals surface area contributed by atoms with E-state index in [1.54, 1.807) is 6.08 Å². The maximum absolute atomic E-state index is 12.4. The van der Waals surface area contributed by atoms with E-state index in [0.717, 1.165) is 16.5 Å². The Labute approximate surface area is 161 Å². The Balaban J connectivity index is 1.70. The quantitative estimate of drug-likeness (QED) is 0.417. The van der Waals surface area contributed by atoms with Crippen LogP contribution in [0.4, 0.5) is 5.95 Å². The number of nitrogens with one attached hydrogen (secondary N) is 2. The number of nitrogens with zero attached hydrogens (tertiary/aromatic N) is 4. The molecule has 2 heterocycles. The predicted octanol–water partition coefficient (Wildman–Crippen LogP) is 3.35. The summed E-state index contributed by atoms with van der Waals surface area (Å²) in [5.41, 5.74) is 2.99. The molecule has 0 saturated carbocycles. The SMILES string of the molecule is N#CC(=Cc1cn(Cc2ccccc2)c2ccccc12)C(=O)Nc1ncn[nH]1. The van der Waals surface area contributed by atoms with Crippen LogP contribution in [0.5, 0.6) is 0 Å². The van der Waals surface area contributed by atoms with Gasteiger partial charge in [-0.3, -0.25) is 10.1 Å². The van der Waals surface area contributed by atoms with Crippen LogP contribution < -0.4 is 5.32 Å². The Kier molecular flexibility index (Phi) is 4.68. The third-order valence-corrected chi connectivity index (χ3v) is 4.33. The summed E-state index contributed by atoms with van der Waals surface area (Å²) in [7, 11) is 0. The molecule has 28 heavy (non-hydrogen) atoms. The number of fused-ring (bicyclic) bond motifs is 1. The number of carbonyl (C=O) groups is 1. The molecule has 0 saturated heterocycles. The number of rotatable bonds is 5. The molecule has 0 unspecified atom stereocenters. The second-order valence-corrected chi connectivity index (χ2v) is 6.17. The Hall–Kier alpha value is -4.18. The zero-order valence-corrected chi connectivity index (χ0v) is 14.8. The van der Waals surface area contributed by atoms with Gasteiger partial charge in [-0.05, 0) is 17.7 Å². The zero-order valence-electron chi connectivity index (χ0n) is 14.8. The third-order valence-electron chi connectivity index (χ3n) is 4.33. The third kappa shape index (κ3) is 3.52. The number of hydrogen-bond acceptors (Lipinski definition) is 4. The molecule has 0 aliphatic rings. The molecule has 4 rings (SSSR count). The summed E-state index contributed by atoms with van der Waals surface area (Å²) in [6.45, 7) is 0.696. The van der Waals surface area contributed by atoms with Gasteiger partial charge < -0.3 is 4.57 Å². The van der Waals surface area contributed by atoms with Gasteiger partial charge in [-0.1, -0.05) is 48.5 Å². The summed E-state index contributed by atoms with van der Waals surface area (Å²) in [6, 6.07) is 20.0. The largest absolute Gasteiger partial charge is 0.342 e. The Bertz CT molecular complexity index is 1180. The number of benzene rings is 2. The molecule has 0 radical (unpaired) electrons. The molecule has 0 aliphatic carbocycles.